The second-order valence-electron chi connectivity index (χ2n) is 16.4. The van der Waals surface area contributed by atoms with Gasteiger partial charge in [0, 0.05) is 44.8 Å². The molecule has 1 heterocycles. The number of aromatic amines is 1. The minimum absolute atomic E-state index is 0.00540. The van der Waals surface area contributed by atoms with E-state index in [1.54, 1.807) is 6.20 Å². The molecular formula is C48H87N4O9P. The average Bonchev–Trinajstić information content (AvgIpc) is 3.79. The van der Waals surface area contributed by atoms with Gasteiger partial charge in [0.05, 0.1) is 25.6 Å². The molecule has 0 aliphatic carbocycles. The van der Waals surface area contributed by atoms with E-state index in [0.29, 0.717) is 12.8 Å². The number of hydrogen-bond acceptors (Lipinski definition) is 11. The number of hydrogen-bond donors (Lipinski definition) is 3. The predicted octanol–water partition coefficient (Wildman–Crippen LogP) is 11.7. The Bertz CT molecular complexity index is 1330. The summed E-state index contributed by atoms with van der Waals surface area (Å²) in [7, 11) is -2.94. The Morgan fingerprint density at radius 1 is 0.694 bits per heavy atom. The first kappa shape index (κ1) is 57.2. The molecule has 0 saturated heterocycles. The molecule has 0 aliphatic rings. The lowest BCUT2D eigenvalue weighted by Crippen LogP contribution is -2.43. The van der Waals surface area contributed by atoms with E-state index in [9.17, 15) is 18.9 Å². The summed E-state index contributed by atoms with van der Waals surface area (Å²) in [5.41, 5.74) is 6.68. The van der Waals surface area contributed by atoms with Gasteiger partial charge in [0.25, 0.3) is 0 Å². The van der Waals surface area contributed by atoms with Gasteiger partial charge in [0.15, 0.2) is 6.10 Å². The zero-order chi connectivity index (χ0) is 45.2. The van der Waals surface area contributed by atoms with E-state index in [0.717, 1.165) is 76.3 Å². The minimum Gasteiger partial charge on any atom is -0.462 e. The van der Waals surface area contributed by atoms with E-state index in [2.05, 4.69) is 53.4 Å². The molecule has 0 aliphatic heterocycles. The Morgan fingerprint density at radius 3 is 1.66 bits per heavy atom. The molecule has 3 unspecified atom stereocenters. The SMILES string of the molecule is CCCCCCCC/C=C\CCCCCCCC(=O)OC(COC(=O)CCCCCCC/C=C/CCCCCCCC)COP(=O)(OC)OCCNC(=O)C(N)Cc1cnc[nH]1. The largest absolute Gasteiger partial charge is 0.474 e. The lowest BCUT2D eigenvalue weighted by Gasteiger charge is -2.21. The molecule has 0 spiro atoms. The van der Waals surface area contributed by atoms with Crippen LogP contribution in [0.3, 0.4) is 0 Å². The number of rotatable bonds is 44. The molecule has 4 N–H and O–H groups in total. The van der Waals surface area contributed by atoms with Gasteiger partial charge in [0.1, 0.15) is 6.61 Å². The number of nitrogens with two attached hydrogens (primary N) is 1. The van der Waals surface area contributed by atoms with Crippen LogP contribution >= 0.6 is 7.82 Å². The molecule has 0 saturated carbocycles. The van der Waals surface area contributed by atoms with Crippen molar-refractivity contribution in [3.8, 4) is 0 Å². The third-order valence-electron chi connectivity index (χ3n) is 10.6. The summed E-state index contributed by atoms with van der Waals surface area (Å²) in [6.45, 7) is 3.65. The summed E-state index contributed by atoms with van der Waals surface area (Å²) in [5.74, 6) is -1.27. The van der Waals surface area contributed by atoms with Crippen molar-refractivity contribution < 1.29 is 42.0 Å². The lowest BCUT2D eigenvalue weighted by atomic mass is 10.1. The molecule has 14 heteroatoms. The predicted molar refractivity (Wildman–Crippen MR) is 250 cm³/mol. The fourth-order valence-electron chi connectivity index (χ4n) is 6.80. The third kappa shape index (κ3) is 34.6. The molecule has 0 aromatic carbocycles. The molecule has 1 amide bonds. The van der Waals surface area contributed by atoms with Gasteiger partial charge in [-0.1, -0.05) is 141 Å². The van der Waals surface area contributed by atoms with Crippen molar-refractivity contribution in [1.29, 1.82) is 0 Å². The maximum atomic E-state index is 13.2. The van der Waals surface area contributed by atoms with E-state index in [-0.39, 0.29) is 45.6 Å². The number of nitrogens with zero attached hydrogens (tertiary/aromatic N) is 1. The summed E-state index contributed by atoms with van der Waals surface area (Å²) in [6, 6.07) is -0.817. The second kappa shape index (κ2) is 40.9. The monoisotopic (exact) mass is 895 g/mol. The van der Waals surface area contributed by atoms with E-state index in [4.69, 9.17) is 28.8 Å². The maximum absolute atomic E-state index is 13.2. The van der Waals surface area contributed by atoms with Crippen LogP contribution < -0.4 is 11.1 Å². The number of aromatic nitrogens is 2. The highest BCUT2D eigenvalue weighted by Gasteiger charge is 2.29. The number of carbonyl (C=O) groups excluding carboxylic acids is 3. The summed E-state index contributed by atoms with van der Waals surface area (Å²) < 4.78 is 40.3. The van der Waals surface area contributed by atoms with Gasteiger partial charge in [-0.3, -0.25) is 28.0 Å². The van der Waals surface area contributed by atoms with Crippen molar-refractivity contribution in [3.63, 3.8) is 0 Å². The van der Waals surface area contributed by atoms with Crippen molar-refractivity contribution in [2.45, 2.75) is 212 Å². The number of nitrogens with one attached hydrogen (secondary N) is 2. The van der Waals surface area contributed by atoms with Gasteiger partial charge >= 0.3 is 19.8 Å². The number of imidazole rings is 1. The maximum Gasteiger partial charge on any atom is 0.474 e. The molecule has 13 nitrogen and oxygen atoms in total. The number of unbranched alkanes of at least 4 members (excludes halogenated alkanes) is 22. The van der Waals surface area contributed by atoms with Gasteiger partial charge in [-0.15, -0.1) is 0 Å². The van der Waals surface area contributed by atoms with E-state index in [1.807, 2.05) is 0 Å². The normalized spacial score (nSPS) is 13.7. The Kier molecular flexibility index (Phi) is 37.7. The van der Waals surface area contributed by atoms with Gasteiger partial charge in [-0.2, -0.15) is 0 Å². The highest BCUT2D eigenvalue weighted by atomic mass is 31.2. The molecule has 0 radical (unpaired) electrons. The minimum atomic E-state index is -4.11. The number of carbonyl (C=O) groups is 3. The molecule has 1 aromatic rings. The smallest absolute Gasteiger partial charge is 0.462 e. The topological polar surface area (TPSA) is 181 Å². The zero-order valence-corrected chi connectivity index (χ0v) is 40.0. The van der Waals surface area contributed by atoms with Crippen LogP contribution in [0.25, 0.3) is 0 Å². The number of phosphoric ester groups is 1. The summed E-state index contributed by atoms with van der Waals surface area (Å²) >= 11 is 0. The van der Waals surface area contributed by atoms with Crippen LogP contribution in [-0.2, 0) is 48.4 Å². The molecule has 0 bridgehead atoms. The lowest BCUT2D eigenvalue weighted by molar-refractivity contribution is -0.161. The highest BCUT2D eigenvalue weighted by molar-refractivity contribution is 7.48. The quantitative estimate of drug-likeness (QED) is 0.0245. The zero-order valence-electron chi connectivity index (χ0n) is 39.1. The van der Waals surface area contributed by atoms with E-state index < -0.39 is 37.8 Å². The Morgan fingerprint density at radius 2 is 1.18 bits per heavy atom. The Balaban J connectivity index is 2.45. The number of allylic oxidation sites excluding steroid dienone is 4. The van der Waals surface area contributed by atoms with Crippen molar-refractivity contribution in [1.82, 2.24) is 15.3 Å². The Labute approximate surface area is 375 Å². The van der Waals surface area contributed by atoms with Crippen molar-refractivity contribution in [2.75, 3.05) is 33.5 Å². The fraction of sp³-hybridized carbons (Fsp3) is 0.792. The third-order valence-corrected chi connectivity index (χ3v) is 12.0. The number of amides is 1. The van der Waals surface area contributed by atoms with Crippen LogP contribution in [0.1, 0.15) is 199 Å². The van der Waals surface area contributed by atoms with Gasteiger partial charge in [-0.25, -0.2) is 9.55 Å². The van der Waals surface area contributed by atoms with Crippen molar-refractivity contribution >= 4 is 25.7 Å². The first-order chi connectivity index (χ1) is 30.2. The number of esters is 2. The van der Waals surface area contributed by atoms with Crippen molar-refractivity contribution in [2.24, 2.45) is 5.73 Å². The molecule has 62 heavy (non-hydrogen) atoms. The molecule has 358 valence electrons. The standard InChI is InChI=1S/C48H87N4O9P/c1-4-6-8-10-12-14-16-18-20-22-24-26-28-30-32-34-46(53)58-40-44(61-47(54)35-33-31-29-27-25-23-21-19-17-15-13-11-9-7-5-2)41-60-62(56,57-3)59-37-36-51-48(55)45(49)38-43-39-50-42-52-43/h18-21,39,42,44-45H,4-17,22-38,40-41,49H2,1-3H3,(H,50,52)(H,51,55)/b20-18+,21-19-. The van der Waals surface area contributed by atoms with Crippen LogP contribution in [0.2, 0.25) is 0 Å². The fourth-order valence-corrected chi connectivity index (χ4v) is 7.75. The van der Waals surface area contributed by atoms with Crippen molar-refractivity contribution in [3.05, 3.63) is 42.5 Å². The molecular weight excluding hydrogens is 808 g/mol. The van der Waals surface area contributed by atoms with Gasteiger partial charge < -0.3 is 25.5 Å². The number of H-pyrrole nitrogens is 1. The van der Waals surface area contributed by atoms with E-state index in [1.165, 1.54) is 96.9 Å². The summed E-state index contributed by atoms with van der Waals surface area (Å²) in [5, 5.41) is 2.63. The van der Waals surface area contributed by atoms with Gasteiger partial charge in [0.2, 0.25) is 5.91 Å². The second-order valence-corrected chi connectivity index (χ2v) is 18.2. The van der Waals surface area contributed by atoms with Crippen LogP contribution in [-0.4, -0.2) is 73.4 Å². The molecule has 3 atom stereocenters. The highest BCUT2D eigenvalue weighted by Crippen LogP contribution is 2.48. The first-order valence-electron chi connectivity index (χ1n) is 24.3. The Hall–Kier alpha value is -2.83. The van der Waals surface area contributed by atoms with Crippen LogP contribution in [0.4, 0.5) is 0 Å². The molecule has 1 rings (SSSR count). The van der Waals surface area contributed by atoms with E-state index >= 15 is 0 Å². The van der Waals surface area contributed by atoms with Crippen LogP contribution in [0, 0.1) is 0 Å². The molecule has 0 fully saturated rings. The number of ether oxygens (including phenoxy) is 2. The van der Waals surface area contributed by atoms with Gasteiger partial charge in [-0.05, 0) is 64.2 Å². The molecule has 1 aromatic heterocycles. The van der Waals surface area contributed by atoms with Crippen LogP contribution in [0.15, 0.2) is 36.8 Å². The summed E-state index contributed by atoms with van der Waals surface area (Å²) in [6.07, 6.45) is 42.2. The first-order valence-corrected chi connectivity index (χ1v) is 25.8. The van der Waals surface area contributed by atoms with Crippen LogP contribution in [0.5, 0.6) is 0 Å². The average molecular weight is 895 g/mol. The number of phosphoric acid groups is 1. The summed E-state index contributed by atoms with van der Waals surface area (Å²) in [4.78, 5) is 44.7.